The van der Waals surface area contributed by atoms with Gasteiger partial charge in [-0.15, -0.1) is 0 Å². The Morgan fingerprint density at radius 1 is 0.662 bits per heavy atom. The van der Waals surface area contributed by atoms with Gasteiger partial charge in [0.15, 0.2) is 29.1 Å². The van der Waals surface area contributed by atoms with Crippen molar-refractivity contribution in [3.8, 4) is 45.6 Å². The summed E-state index contributed by atoms with van der Waals surface area (Å²) < 4.78 is 44.8. The van der Waals surface area contributed by atoms with Crippen molar-refractivity contribution in [2.75, 3.05) is 13.2 Å². The average molecular weight is 914 g/mol. The third kappa shape index (κ3) is 11.9. The van der Waals surface area contributed by atoms with E-state index in [0.29, 0.717) is 5.56 Å². The molecule has 2 fully saturated rings. The van der Waals surface area contributed by atoms with Crippen LogP contribution in [0, 0.1) is 0 Å². The van der Waals surface area contributed by atoms with Crippen molar-refractivity contribution in [1.82, 2.24) is 0 Å². The fourth-order valence-electron chi connectivity index (χ4n) is 6.48. The lowest BCUT2D eigenvalue weighted by Crippen LogP contribution is -2.61. The van der Waals surface area contributed by atoms with E-state index in [1.54, 1.807) is 12.1 Å². The lowest BCUT2D eigenvalue weighted by atomic mass is 9.98. The summed E-state index contributed by atoms with van der Waals surface area (Å²) in [6.45, 7) is -1.51. The number of aromatic hydroxyl groups is 2. The fourth-order valence-corrected chi connectivity index (χ4v) is 6.48. The lowest BCUT2D eigenvalue weighted by molar-refractivity contribution is -0.282. The van der Waals surface area contributed by atoms with Crippen molar-refractivity contribution in [3.05, 3.63) is 88.6 Å². The molecule has 0 amide bonds. The first kappa shape index (κ1) is 47.4. The van der Waals surface area contributed by atoms with Gasteiger partial charge in [-0.05, 0) is 54.1 Å². The Balaban J connectivity index is 1.30. The maximum Gasteiger partial charge on any atom is 0.510 e. The molecule has 0 unspecified atom stereocenters. The molecule has 1 aliphatic carbocycles. The number of hydrogen-bond donors (Lipinski definition) is 9. The Morgan fingerprint density at radius 3 is 1.88 bits per heavy atom. The molecule has 0 aromatic heterocycles. The Labute approximate surface area is 364 Å². The van der Waals surface area contributed by atoms with E-state index >= 15 is 0 Å². The number of fused-ring (bicyclic) bond motifs is 1. The number of phenolic OH excluding ortho intramolecular Hbond substituents is 2. The van der Waals surface area contributed by atoms with Crippen LogP contribution >= 0.6 is 0 Å². The molecule has 0 saturated carbocycles. The second kappa shape index (κ2) is 20.6. The highest BCUT2D eigenvalue weighted by molar-refractivity contribution is 5.91. The van der Waals surface area contributed by atoms with Gasteiger partial charge in [0.05, 0.1) is 11.6 Å². The molecule has 0 bridgehead atoms. The van der Waals surface area contributed by atoms with Crippen LogP contribution in [0.25, 0.3) is 28.7 Å². The van der Waals surface area contributed by atoms with Gasteiger partial charge in [0.2, 0.25) is 19.2 Å². The van der Waals surface area contributed by atoms with E-state index in [0.717, 1.165) is 12.1 Å². The highest BCUT2D eigenvalue weighted by atomic mass is 16.7. The van der Waals surface area contributed by atoms with Crippen LogP contribution in [0.1, 0.15) is 18.4 Å². The molecule has 3 heterocycles. The number of phenols is 2. The van der Waals surface area contributed by atoms with E-state index in [9.17, 15) is 64.5 Å². The fraction of sp³-hybridized carbons (Fsp3) is 0.333. The number of hydrogen-bond acceptors (Lipinski definition) is 20. The molecule has 2 aromatic carbocycles. The third-order valence-electron chi connectivity index (χ3n) is 9.69. The van der Waals surface area contributed by atoms with Gasteiger partial charge in [0.25, 0.3) is 0 Å². The Morgan fingerprint density at radius 2 is 1.23 bits per heavy atom. The number of benzene rings is 3. The number of rotatable bonds is 16. The van der Waals surface area contributed by atoms with E-state index < -0.39 is 128 Å². The van der Waals surface area contributed by atoms with Crippen LogP contribution < -0.4 is 14.9 Å². The summed E-state index contributed by atoms with van der Waals surface area (Å²) in [5, 5.41) is 92.2. The zero-order valence-corrected chi connectivity index (χ0v) is 33.4. The number of aliphatic hydroxyl groups is 5. The molecule has 65 heavy (non-hydrogen) atoms. The minimum absolute atomic E-state index is 0.0206. The summed E-state index contributed by atoms with van der Waals surface area (Å²) in [7, 11) is 0. The topological polar surface area (TPSA) is 367 Å². The normalized spacial score (nSPS) is 25.4. The second-order valence-electron chi connectivity index (χ2n) is 14.4. The van der Waals surface area contributed by atoms with Crippen molar-refractivity contribution in [3.63, 3.8) is 0 Å². The minimum atomic E-state index is -2.14. The first-order valence-electron chi connectivity index (χ1n) is 19.3. The summed E-state index contributed by atoms with van der Waals surface area (Å²) in [5.41, 5.74) is -0.0905. The van der Waals surface area contributed by atoms with Crippen molar-refractivity contribution in [1.29, 1.82) is 0 Å². The predicted molar refractivity (Wildman–Crippen MR) is 213 cm³/mol. The Hall–Kier alpha value is -7.12. The van der Waals surface area contributed by atoms with E-state index in [1.807, 2.05) is 0 Å². The highest BCUT2D eigenvalue weighted by Crippen LogP contribution is 2.43. The largest absolute Gasteiger partial charge is 0.510 e. The number of carboxylic acids is 2. The van der Waals surface area contributed by atoms with E-state index in [2.05, 4.69) is 0 Å². The molecular formula is C42H41O23+. The molecule has 346 valence electrons. The third-order valence-corrected chi connectivity index (χ3v) is 9.69. The molecule has 23 nitrogen and oxygen atoms in total. The van der Waals surface area contributed by atoms with Crippen LogP contribution in [0.15, 0.2) is 82.0 Å². The number of ether oxygens (including phenoxy) is 7. The number of aliphatic carboxylic acids is 2. The zero-order valence-electron chi connectivity index (χ0n) is 33.4. The van der Waals surface area contributed by atoms with Crippen molar-refractivity contribution in [2.45, 2.75) is 74.3 Å². The highest BCUT2D eigenvalue weighted by Gasteiger charge is 2.50. The van der Waals surface area contributed by atoms with Gasteiger partial charge in [-0.2, -0.15) is 0 Å². The molecule has 6 rings (SSSR count). The summed E-state index contributed by atoms with van der Waals surface area (Å²) in [4.78, 5) is 69.9. The Bertz CT molecular complexity index is 2410. The molecular weight excluding hydrogens is 872 g/mol. The molecule has 3 aliphatic heterocycles. The van der Waals surface area contributed by atoms with Crippen molar-refractivity contribution in [2.24, 2.45) is 0 Å². The van der Waals surface area contributed by atoms with Crippen LogP contribution in [0.2, 0.25) is 0 Å². The molecule has 10 atom stereocenters. The van der Waals surface area contributed by atoms with Crippen LogP contribution in [-0.2, 0) is 42.9 Å². The van der Waals surface area contributed by atoms with Crippen LogP contribution in [0.4, 0.5) is 0 Å². The van der Waals surface area contributed by atoms with E-state index in [4.69, 9.17) is 47.8 Å². The van der Waals surface area contributed by atoms with Crippen LogP contribution in [-0.4, -0.2) is 155 Å². The smallest absolute Gasteiger partial charge is 0.508 e. The molecule has 0 spiro atoms. The van der Waals surface area contributed by atoms with Gasteiger partial charge in [-0.3, -0.25) is 24.0 Å². The SMILES string of the molecule is O=C(O)CC(=O)OC[C@H]1O[C@@H](Oc2cc(=O)cc3oc(-c4ccc(O)cc4)c(O[C@@H]4O[C@H](COC(=[OH+])C=Cc5ccc(O)cc5)[C@@H](O)[C@H](O)[C@H]4O)cc2-3)[C@H](O)[C@@H](O)[C@@H]1OC(=O)CC(=O)O. The predicted octanol–water partition coefficient (Wildman–Crippen LogP) is -0.529. The molecule has 23 heteroatoms. The molecule has 0 radical (unpaired) electrons. The first-order chi connectivity index (χ1) is 30.9. The zero-order chi connectivity index (χ0) is 47.1. The summed E-state index contributed by atoms with van der Waals surface area (Å²) in [6, 6.07) is 14.4. The summed E-state index contributed by atoms with van der Waals surface area (Å²) >= 11 is 0. The van der Waals surface area contributed by atoms with Crippen molar-refractivity contribution < 1.29 is 108 Å². The molecule has 2 saturated heterocycles. The van der Waals surface area contributed by atoms with E-state index in [-0.39, 0.29) is 39.9 Å². The number of aliphatic hydroxyl groups excluding tert-OH is 5. The first-order valence-corrected chi connectivity index (χ1v) is 19.3. The number of carbonyl (C=O) groups is 4. The van der Waals surface area contributed by atoms with Gasteiger partial charge < -0.3 is 88.3 Å². The number of carbonyl (C=O) groups excluding carboxylic acids is 3. The average Bonchev–Trinajstić information content (AvgIpc) is 3.25. The maximum atomic E-state index is 13.0. The van der Waals surface area contributed by atoms with Crippen molar-refractivity contribution >= 4 is 35.9 Å². The van der Waals surface area contributed by atoms with Gasteiger partial charge in [0.1, 0.15) is 79.1 Å². The summed E-state index contributed by atoms with van der Waals surface area (Å²) in [6.07, 6.45) is -18.6. The Kier molecular flexibility index (Phi) is 15.0. The number of carboxylic acid groups (broad SMARTS) is 2. The number of esters is 3. The van der Waals surface area contributed by atoms with Gasteiger partial charge in [-0.25, -0.2) is 0 Å². The van der Waals surface area contributed by atoms with Crippen LogP contribution in [0.5, 0.6) is 23.0 Å². The maximum absolute atomic E-state index is 13.0. The molecule has 4 aliphatic rings. The quantitative estimate of drug-likeness (QED) is 0.0224. The molecule has 10 N–H and O–H groups in total. The standard InChI is InChI=1S/C42H40O23/c43-20-6-1-18(2-7-20)3-10-31(50)58-16-27-34(53)35(54)37(56)41(63-27)62-26-13-23-24(60-39(26)19-4-8-21(44)9-5-19)11-22(45)12-25(23)61-42-38(57)36(55)40(65-33(52)15-30(48)49)28(64-42)17-59-32(51)14-29(46)47/h1-13,27-28,34-38,40-44,53-57H,14-17H2,(H,46,47)(H,48,49)/p+1/t27-,28-,34-,35+,36-,37-,38-,40-,41-,42-/m1/s1. The van der Waals surface area contributed by atoms with Crippen LogP contribution in [0.3, 0.4) is 0 Å². The van der Waals surface area contributed by atoms with E-state index in [1.165, 1.54) is 54.6 Å². The lowest BCUT2D eigenvalue weighted by Gasteiger charge is -2.41. The molecule has 2 aromatic rings. The summed E-state index contributed by atoms with van der Waals surface area (Å²) in [5.74, 6) is -7.75. The second-order valence-corrected chi connectivity index (χ2v) is 14.4. The minimum Gasteiger partial charge on any atom is -0.508 e. The van der Waals surface area contributed by atoms with Gasteiger partial charge >= 0.3 is 29.8 Å². The van der Waals surface area contributed by atoms with Gasteiger partial charge in [0, 0.05) is 17.7 Å². The van der Waals surface area contributed by atoms with Gasteiger partial charge in [-0.1, -0.05) is 12.1 Å². The monoisotopic (exact) mass is 913 g/mol.